The van der Waals surface area contributed by atoms with Crippen LogP contribution in [0.3, 0.4) is 0 Å². The van der Waals surface area contributed by atoms with Crippen LogP contribution in [0, 0.1) is 13.8 Å². The number of anilines is 1. The second-order valence-electron chi connectivity index (χ2n) is 8.28. The van der Waals surface area contributed by atoms with Gasteiger partial charge in [-0.25, -0.2) is 4.68 Å². The van der Waals surface area contributed by atoms with E-state index in [-0.39, 0.29) is 18.2 Å². The van der Waals surface area contributed by atoms with Gasteiger partial charge < -0.3 is 10.1 Å². The van der Waals surface area contributed by atoms with Crippen molar-refractivity contribution in [3.05, 3.63) is 41.1 Å². The Hall–Kier alpha value is -2.55. The van der Waals surface area contributed by atoms with Gasteiger partial charge in [-0.15, -0.1) is 0 Å². The van der Waals surface area contributed by atoms with E-state index in [1.54, 1.807) is 32.2 Å². The number of nitrogens with one attached hydrogen (secondary N) is 1. The Labute approximate surface area is 180 Å². The Morgan fingerprint density at radius 3 is 2.52 bits per heavy atom. The highest BCUT2D eigenvalue weighted by atomic mass is 19.4. The van der Waals surface area contributed by atoms with E-state index in [9.17, 15) is 18.0 Å². The number of likely N-dealkylation sites (N-methyl/N-ethyl adjacent to an activating group) is 1. The van der Waals surface area contributed by atoms with Gasteiger partial charge in [0.25, 0.3) is 0 Å². The standard InChI is InChI=1S/C22H29F3N4O2/c1-15-10-17(11-16(2)21(15)31-14-22(23,24)25)12-28(3)13-20(30)27-19-8-9-26-29(19)18-6-4-5-7-18/h8-11,18H,4-7,12-14H2,1-3H3,(H,27,30). The summed E-state index contributed by atoms with van der Waals surface area (Å²) in [6, 6.07) is 5.74. The molecule has 1 heterocycles. The lowest BCUT2D eigenvalue weighted by Gasteiger charge is -2.20. The number of rotatable bonds is 8. The van der Waals surface area contributed by atoms with Crippen molar-refractivity contribution in [2.75, 3.05) is 25.5 Å². The number of amides is 1. The molecule has 1 amide bonds. The maximum atomic E-state index is 12.5. The summed E-state index contributed by atoms with van der Waals surface area (Å²) in [5, 5.41) is 7.30. The molecule has 0 radical (unpaired) electrons. The molecule has 1 fully saturated rings. The van der Waals surface area contributed by atoms with Crippen molar-refractivity contribution in [3.8, 4) is 5.75 Å². The summed E-state index contributed by atoms with van der Waals surface area (Å²) in [7, 11) is 1.83. The number of ether oxygens (including phenoxy) is 1. The van der Waals surface area contributed by atoms with Crippen molar-refractivity contribution in [1.82, 2.24) is 14.7 Å². The van der Waals surface area contributed by atoms with Gasteiger partial charge in [0.05, 0.1) is 18.8 Å². The molecule has 1 aromatic heterocycles. The van der Waals surface area contributed by atoms with Crippen LogP contribution in [-0.2, 0) is 11.3 Å². The van der Waals surface area contributed by atoms with Crippen LogP contribution in [0.5, 0.6) is 5.75 Å². The van der Waals surface area contributed by atoms with Crippen molar-refractivity contribution in [3.63, 3.8) is 0 Å². The number of hydrogen-bond acceptors (Lipinski definition) is 4. The molecular weight excluding hydrogens is 409 g/mol. The fraction of sp³-hybridized carbons (Fsp3) is 0.545. The van der Waals surface area contributed by atoms with Crippen LogP contribution in [0.4, 0.5) is 19.0 Å². The second kappa shape index (κ2) is 9.72. The van der Waals surface area contributed by atoms with Crippen LogP contribution in [0.25, 0.3) is 0 Å². The van der Waals surface area contributed by atoms with E-state index in [1.165, 1.54) is 12.8 Å². The summed E-state index contributed by atoms with van der Waals surface area (Å²) in [6.07, 6.45) is 1.83. The molecule has 0 bridgehead atoms. The van der Waals surface area contributed by atoms with Crippen LogP contribution >= 0.6 is 0 Å². The first-order chi connectivity index (χ1) is 14.6. The zero-order valence-electron chi connectivity index (χ0n) is 18.1. The highest BCUT2D eigenvalue weighted by Gasteiger charge is 2.29. The van der Waals surface area contributed by atoms with Gasteiger partial charge in [0.15, 0.2) is 6.61 Å². The molecule has 3 rings (SSSR count). The van der Waals surface area contributed by atoms with E-state index < -0.39 is 12.8 Å². The minimum Gasteiger partial charge on any atom is -0.484 e. The Bertz CT molecular complexity index is 881. The Balaban J connectivity index is 1.56. The van der Waals surface area contributed by atoms with Gasteiger partial charge in [-0.1, -0.05) is 25.0 Å². The number of halogens is 3. The molecule has 1 N–H and O–H groups in total. The average Bonchev–Trinajstić information content (AvgIpc) is 3.30. The van der Waals surface area contributed by atoms with Gasteiger partial charge in [0.1, 0.15) is 11.6 Å². The summed E-state index contributed by atoms with van der Waals surface area (Å²) in [5.41, 5.74) is 2.18. The maximum absolute atomic E-state index is 12.5. The van der Waals surface area contributed by atoms with Crippen molar-refractivity contribution in [2.24, 2.45) is 0 Å². The zero-order valence-corrected chi connectivity index (χ0v) is 18.1. The third kappa shape index (κ3) is 6.46. The number of hydrogen-bond donors (Lipinski definition) is 1. The zero-order chi connectivity index (χ0) is 22.6. The first kappa shape index (κ1) is 23.1. The van der Waals surface area contributed by atoms with Gasteiger partial charge in [-0.2, -0.15) is 18.3 Å². The molecule has 1 aliphatic rings. The molecule has 6 nitrogen and oxygen atoms in total. The van der Waals surface area contributed by atoms with Gasteiger partial charge >= 0.3 is 6.18 Å². The molecule has 0 atom stereocenters. The van der Waals surface area contributed by atoms with E-state index in [4.69, 9.17) is 4.74 Å². The highest BCUT2D eigenvalue weighted by molar-refractivity contribution is 5.91. The molecule has 1 aliphatic carbocycles. The topological polar surface area (TPSA) is 59.4 Å². The molecule has 0 saturated heterocycles. The van der Waals surface area contributed by atoms with Crippen LogP contribution in [0.1, 0.15) is 48.4 Å². The first-order valence-electron chi connectivity index (χ1n) is 10.4. The molecule has 2 aromatic rings. The first-order valence-corrected chi connectivity index (χ1v) is 10.4. The predicted octanol–water partition coefficient (Wildman–Crippen LogP) is 4.63. The van der Waals surface area contributed by atoms with Crippen LogP contribution in [0.15, 0.2) is 24.4 Å². The number of aryl methyl sites for hydroxylation is 2. The van der Waals surface area contributed by atoms with E-state index in [0.29, 0.717) is 29.5 Å². The van der Waals surface area contributed by atoms with Crippen molar-refractivity contribution < 1.29 is 22.7 Å². The molecule has 0 unspecified atom stereocenters. The molecule has 170 valence electrons. The largest absolute Gasteiger partial charge is 0.484 e. The third-order valence-corrected chi connectivity index (χ3v) is 5.37. The lowest BCUT2D eigenvalue weighted by Crippen LogP contribution is -2.30. The summed E-state index contributed by atoms with van der Waals surface area (Å²) in [4.78, 5) is 14.4. The number of carbonyl (C=O) groups is 1. The smallest absolute Gasteiger partial charge is 0.422 e. The van der Waals surface area contributed by atoms with Crippen molar-refractivity contribution in [1.29, 1.82) is 0 Å². The number of nitrogens with zero attached hydrogens (tertiary/aromatic N) is 3. The highest BCUT2D eigenvalue weighted by Crippen LogP contribution is 2.31. The van der Waals surface area contributed by atoms with Crippen molar-refractivity contribution >= 4 is 11.7 Å². The van der Waals surface area contributed by atoms with Gasteiger partial charge in [-0.05, 0) is 50.4 Å². The number of alkyl halides is 3. The molecule has 0 aliphatic heterocycles. The quantitative estimate of drug-likeness (QED) is 0.653. The fourth-order valence-electron chi connectivity index (χ4n) is 4.16. The summed E-state index contributed by atoms with van der Waals surface area (Å²) < 4.78 is 44.2. The molecule has 31 heavy (non-hydrogen) atoms. The SMILES string of the molecule is Cc1cc(CN(C)CC(=O)Nc2ccnn2C2CCCC2)cc(C)c1OCC(F)(F)F. The minimum atomic E-state index is -4.38. The summed E-state index contributed by atoms with van der Waals surface area (Å²) in [5.74, 6) is 0.825. The van der Waals surface area contributed by atoms with E-state index in [0.717, 1.165) is 18.4 Å². The molecular formula is C22H29F3N4O2. The third-order valence-electron chi connectivity index (χ3n) is 5.37. The van der Waals surface area contributed by atoms with E-state index in [2.05, 4.69) is 10.4 Å². The lowest BCUT2D eigenvalue weighted by atomic mass is 10.1. The molecule has 9 heteroatoms. The lowest BCUT2D eigenvalue weighted by molar-refractivity contribution is -0.153. The number of carbonyl (C=O) groups excluding carboxylic acids is 1. The fourth-order valence-corrected chi connectivity index (χ4v) is 4.16. The normalized spacial score (nSPS) is 14.9. The Kier molecular flexibility index (Phi) is 7.25. The average molecular weight is 438 g/mol. The van der Waals surface area contributed by atoms with Crippen LogP contribution in [0.2, 0.25) is 0 Å². The Morgan fingerprint density at radius 2 is 1.90 bits per heavy atom. The monoisotopic (exact) mass is 438 g/mol. The maximum Gasteiger partial charge on any atom is 0.422 e. The molecule has 1 aromatic carbocycles. The summed E-state index contributed by atoms with van der Waals surface area (Å²) >= 11 is 0. The molecule has 1 saturated carbocycles. The van der Waals surface area contributed by atoms with E-state index >= 15 is 0 Å². The second-order valence-corrected chi connectivity index (χ2v) is 8.28. The summed E-state index contributed by atoms with van der Waals surface area (Å²) in [6.45, 7) is 2.79. The van der Waals surface area contributed by atoms with E-state index in [1.807, 2.05) is 22.7 Å². The van der Waals surface area contributed by atoms with Crippen LogP contribution in [-0.4, -0.2) is 47.0 Å². The van der Waals surface area contributed by atoms with Crippen LogP contribution < -0.4 is 10.1 Å². The Morgan fingerprint density at radius 1 is 1.26 bits per heavy atom. The van der Waals surface area contributed by atoms with Gasteiger partial charge in [0, 0.05) is 12.6 Å². The predicted molar refractivity (Wildman–Crippen MR) is 112 cm³/mol. The molecule has 0 spiro atoms. The minimum absolute atomic E-state index is 0.138. The van der Waals surface area contributed by atoms with Gasteiger partial charge in [-0.3, -0.25) is 9.69 Å². The van der Waals surface area contributed by atoms with Gasteiger partial charge in [0.2, 0.25) is 5.91 Å². The number of aromatic nitrogens is 2. The number of benzene rings is 1. The van der Waals surface area contributed by atoms with Crippen molar-refractivity contribution in [2.45, 2.75) is 58.3 Å².